The fourth-order valence-corrected chi connectivity index (χ4v) is 3.51. The number of ketones is 1. The van der Waals surface area contributed by atoms with Gasteiger partial charge in [-0.1, -0.05) is 24.3 Å². The fourth-order valence-electron chi connectivity index (χ4n) is 3.51. The number of pyridine rings is 1. The molecule has 2 aromatic carbocycles. The monoisotopic (exact) mass is 348 g/mol. The van der Waals surface area contributed by atoms with E-state index in [0.29, 0.717) is 42.8 Å². The third-order valence-corrected chi connectivity index (χ3v) is 4.74. The number of aromatic nitrogens is 1. The Hall–Kier alpha value is -2.92. The van der Waals surface area contributed by atoms with Crippen molar-refractivity contribution < 1.29 is 9.53 Å². The largest absolute Gasteiger partial charge is 0.378 e. The Balaban J connectivity index is 2.12. The summed E-state index contributed by atoms with van der Waals surface area (Å²) in [5, 5.41) is 0.554. The molecule has 0 atom stereocenters. The topological polar surface area (TPSA) is 51.5 Å². The standard InChI is InChI=1S/C21H20N2O3/c1-15(24)17-8-5-9-18-19(25)14-20(22-10-12-26-13-11-22)23(21(17)18)16-6-3-2-4-7-16/h2-9,14H,10-13H2,1H3. The molecule has 2 heterocycles. The third-order valence-electron chi connectivity index (χ3n) is 4.74. The maximum absolute atomic E-state index is 12.8. The van der Waals surface area contributed by atoms with Gasteiger partial charge in [0.25, 0.3) is 0 Å². The third kappa shape index (κ3) is 2.80. The Morgan fingerprint density at radius 1 is 1.00 bits per heavy atom. The quantitative estimate of drug-likeness (QED) is 0.683. The second kappa shape index (κ2) is 6.77. The van der Waals surface area contributed by atoms with Gasteiger partial charge in [0.2, 0.25) is 0 Å². The number of carbonyl (C=O) groups is 1. The van der Waals surface area contributed by atoms with Gasteiger partial charge in [0, 0.05) is 35.8 Å². The lowest BCUT2D eigenvalue weighted by atomic mass is 10.0. The molecule has 0 amide bonds. The first-order valence-corrected chi connectivity index (χ1v) is 8.74. The van der Waals surface area contributed by atoms with Gasteiger partial charge < -0.3 is 9.64 Å². The highest BCUT2D eigenvalue weighted by atomic mass is 16.5. The van der Waals surface area contributed by atoms with E-state index >= 15 is 0 Å². The van der Waals surface area contributed by atoms with E-state index in [4.69, 9.17) is 4.74 Å². The van der Waals surface area contributed by atoms with Gasteiger partial charge in [-0.25, -0.2) is 0 Å². The van der Waals surface area contributed by atoms with Crippen LogP contribution in [-0.4, -0.2) is 36.7 Å². The molecule has 1 aliphatic rings. The minimum atomic E-state index is -0.0724. The van der Waals surface area contributed by atoms with Crippen LogP contribution in [0.1, 0.15) is 17.3 Å². The van der Waals surface area contributed by atoms with Gasteiger partial charge in [-0.3, -0.25) is 14.2 Å². The lowest BCUT2D eigenvalue weighted by Gasteiger charge is -2.32. The van der Waals surface area contributed by atoms with Crippen molar-refractivity contribution in [1.29, 1.82) is 0 Å². The number of rotatable bonds is 3. The molecule has 1 fully saturated rings. The molecule has 0 N–H and O–H groups in total. The molecule has 0 aliphatic carbocycles. The summed E-state index contributed by atoms with van der Waals surface area (Å²) in [4.78, 5) is 27.3. The summed E-state index contributed by atoms with van der Waals surface area (Å²) in [6.45, 7) is 4.20. The van der Waals surface area contributed by atoms with Gasteiger partial charge in [0.15, 0.2) is 11.2 Å². The van der Waals surface area contributed by atoms with E-state index < -0.39 is 0 Å². The molecule has 1 saturated heterocycles. The maximum atomic E-state index is 12.8. The summed E-state index contributed by atoms with van der Waals surface area (Å²) in [7, 11) is 0. The van der Waals surface area contributed by atoms with Crippen molar-refractivity contribution >= 4 is 22.5 Å². The molecule has 1 aromatic heterocycles. The first-order chi connectivity index (χ1) is 12.7. The van der Waals surface area contributed by atoms with E-state index in [1.54, 1.807) is 24.3 Å². The zero-order valence-electron chi connectivity index (χ0n) is 14.6. The number of morpholine rings is 1. The van der Waals surface area contributed by atoms with Crippen LogP contribution in [0.4, 0.5) is 5.82 Å². The summed E-state index contributed by atoms with van der Waals surface area (Å²) in [6, 6.07) is 16.9. The average Bonchev–Trinajstić information content (AvgIpc) is 2.68. The van der Waals surface area contributed by atoms with Crippen LogP contribution in [0.25, 0.3) is 16.6 Å². The number of hydrogen-bond acceptors (Lipinski definition) is 4. The van der Waals surface area contributed by atoms with Crippen LogP contribution in [0.15, 0.2) is 59.4 Å². The predicted octanol–water partition coefficient (Wildman–Crippen LogP) is 3.03. The minimum Gasteiger partial charge on any atom is -0.378 e. The van der Waals surface area contributed by atoms with Crippen LogP contribution >= 0.6 is 0 Å². The highest BCUT2D eigenvalue weighted by molar-refractivity contribution is 6.06. The number of ether oxygens (including phenoxy) is 1. The Morgan fingerprint density at radius 2 is 1.73 bits per heavy atom. The maximum Gasteiger partial charge on any atom is 0.191 e. The first kappa shape index (κ1) is 16.5. The number of carbonyl (C=O) groups excluding carboxylic acids is 1. The minimum absolute atomic E-state index is 0.0567. The van der Waals surface area contributed by atoms with Crippen molar-refractivity contribution in [3.63, 3.8) is 0 Å². The highest BCUT2D eigenvalue weighted by Crippen LogP contribution is 2.28. The van der Waals surface area contributed by atoms with Crippen molar-refractivity contribution in [2.75, 3.05) is 31.2 Å². The summed E-state index contributed by atoms with van der Waals surface area (Å²) in [5.41, 5.74) is 2.07. The van der Waals surface area contributed by atoms with E-state index in [2.05, 4.69) is 4.90 Å². The molecule has 3 aromatic rings. The van der Waals surface area contributed by atoms with Crippen LogP contribution in [0, 0.1) is 0 Å². The zero-order valence-corrected chi connectivity index (χ0v) is 14.6. The summed E-state index contributed by atoms with van der Waals surface area (Å²) >= 11 is 0. The molecular weight excluding hydrogens is 328 g/mol. The number of para-hydroxylation sites is 2. The second-order valence-electron chi connectivity index (χ2n) is 6.40. The number of nitrogens with zero attached hydrogens (tertiary/aromatic N) is 2. The Labute approximate surface area is 151 Å². The average molecular weight is 348 g/mol. The fraction of sp³-hybridized carbons (Fsp3) is 0.238. The Kier molecular flexibility index (Phi) is 4.31. The molecule has 0 saturated carbocycles. The molecule has 5 nitrogen and oxygen atoms in total. The molecule has 0 unspecified atom stereocenters. The number of hydrogen-bond donors (Lipinski definition) is 0. The molecule has 26 heavy (non-hydrogen) atoms. The van der Waals surface area contributed by atoms with E-state index in [0.717, 1.165) is 11.5 Å². The normalized spacial score (nSPS) is 14.6. The van der Waals surface area contributed by atoms with E-state index in [1.807, 2.05) is 34.9 Å². The molecule has 0 bridgehead atoms. The van der Waals surface area contributed by atoms with Gasteiger partial charge in [-0.2, -0.15) is 0 Å². The molecule has 0 radical (unpaired) electrons. The lowest BCUT2D eigenvalue weighted by molar-refractivity contribution is 0.101. The van der Waals surface area contributed by atoms with E-state index in [-0.39, 0.29) is 11.2 Å². The zero-order chi connectivity index (χ0) is 18.1. The number of benzene rings is 2. The number of anilines is 1. The van der Waals surface area contributed by atoms with Crippen molar-refractivity contribution in [2.24, 2.45) is 0 Å². The second-order valence-corrected chi connectivity index (χ2v) is 6.40. The number of Topliss-reactive ketones (excluding diaryl/α,β-unsaturated/α-hetero) is 1. The summed E-state index contributed by atoms with van der Waals surface area (Å²) in [6.07, 6.45) is 0. The van der Waals surface area contributed by atoms with E-state index in [1.165, 1.54) is 6.92 Å². The van der Waals surface area contributed by atoms with Crippen LogP contribution in [-0.2, 0) is 4.74 Å². The molecule has 132 valence electrons. The van der Waals surface area contributed by atoms with Crippen molar-refractivity contribution in [2.45, 2.75) is 6.92 Å². The van der Waals surface area contributed by atoms with Gasteiger partial charge >= 0.3 is 0 Å². The molecular formula is C21H20N2O3. The lowest BCUT2D eigenvalue weighted by Crippen LogP contribution is -2.38. The van der Waals surface area contributed by atoms with E-state index in [9.17, 15) is 9.59 Å². The predicted molar refractivity (Wildman–Crippen MR) is 103 cm³/mol. The SMILES string of the molecule is CC(=O)c1cccc2c(=O)cc(N3CCOCC3)n(-c3ccccc3)c12. The molecule has 1 aliphatic heterocycles. The molecule has 4 rings (SSSR count). The number of fused-ring (bicyclic) bond motifs is 1. The molecule has 5 heteroatoms. The highest BCUT2D eigenvalue weighted by Gasteiger charge is 2.21. The van der Waals surface area contributed by atoms with Gasteiger partial charge in [0.05, 0.1) is 18.7 Å². The smallest absolute Gasteiger partial charge is 0.191 e. The van der Waals surface area contributed by atoms with Crippen LogP contribution in [0.2, 0.25) is 0 Å². The van der Waals surface area contributed by atoms with Gasteiger partial charge in [0.1, 0.15) is 5.82 Å². The summed E-state index contributed by atoms with van der Waals surface area (Å²) < 4.78 is 7.49. The van der Waals surface area contributed by atoms with Gasteiger partial charge in [-0.05, 0) is 31.2 Å². The van der Waals surface area contributed by atoms with Crippen LogP contribution in [0.5, 0.6) is 0 Å². The van der Waals surface area contributed by atoms with Crippen molar-refractivity contribution in [3.05, 3.63) is 70.4 Å². The van der Waals surface area contributed by atoms with Crippen molar-refractivity contribution in [1.82, 2.24) is 4.57 Å². The summed E-state index contributed by atoms with van der Waals surface area (Å²) in [5.74, 6) is 0.740. The van der Waals surface area contributed by atoms with Crippen molar-refractivity contribution in [3.8, 4) is 5.69 Å². The van der Waals surface area contributed by atoms with Gasteiger partial charge in [-0.15, -0.1) is 0 Å². The first-order valence-electron chi connectivity index (χ1n) is 8.74. The Bertz CT molecular complexity index is 1020. The molecule has 0 spiro atoms. The van der Waals surface area contributed by atoms with Crippen LogP contribution in [0.3, 0.4) is 0 Å². The van der Waals surface area contributed by atoms with Crippen LogP contribution < -0.4 is 10.3 Å². The Morgan fingerprint density at radius 3 is 2.42 bits per heavy atom.